The Morgan fingerprint density at radius 3 is 1.47 bits per heavy atom. The van der Waals surface area contributed by atoms with E-state index in [2.05, 4.69) is 194 Å². The fourth-order valence-corrected chi connectivity index (χ4v) is 8.41. The number of hydrogen-bond acceptors (Lipinski definition) is 0. The summed E-state index contributed by atoms with van der Waals surface area (Å²) in [5.41, 5.74) is 13.7. The van der Waals surface area contributed by atoms with E-state index < -0.39 is 0 Å². The number of para-hydroxylation sites is 1. The van der Waals surface area contributed by atoms with Crippen LogP contribution in [-0.2, 0) is 0 Å². The van der Waals surface area contributed by atoms with Crippen molar-refractivity contribution in [1.82, 2.24) is 4.57 Å². The summed E-state index contributed by atoms with van der Waals surface area (Å²) in [6.45, 7) is 4.39. The first kappa shape index (κ1) is 29.5. The van der Waals surface area contributed by atoms with Crippen LogP contribution in [0.3, 0.4) is 0 Å². The highest BCUT2D eigenvalue weighted by Crippen LogP contribution is 2.45. The molecule has 0 aliphatic carbocycles. The molecule has 1 heterocycles. The molecule has 0 aliphatic heterocycles. The highest BCUT2D eigenvalue weighted by molar-refractivity contribution is 6.23. The van der Waals surface area contributed by atoms with Crippen molar-refractivity contribution in [1.29, 1.82) is 0 Å². The smallest absolute Gasteiger partial charge is 0.0619 e. The molecule has 0 fully saturated rings. The molecule has 0 bridgehead atoms. The summed E-state index contributed by atoms with van der Waals surface area (Å²) >= 11 is 0. The molecule has 0 amide bonds. The van der Waals surface area contributed by atoms with Gasteiger partial charge in [-0.15, -0.1) is 0 Å². The fraction of sp³-hybridized carbons (Fsp3) is 0.0400. The Morgan fingerprint density at radius 2 is 0.843 bits per heavy atom. The maximum absolute atomic E-state index is 2.47. The maximum atomic E-state index is 2.47. The number of fused-ring (bicyclic) bond motifs is 7. The summed E-state index contributed by atoms with van der Waals surface area (Å²) in [7, 11) is 0. The molecule has 0 N–H and O–H groups in total. The number of rotatable bonds is 4. The van der Waals surface area contributed by atoms with Crippen molar-refractivity contribution in [3.05, 3.63) is 187 Å². The van der Waals surface area contributed by atoms with Crippen molar-refractivity contribution in [2.45, 2.75) is 13.8 Å². The molecule has 0 saturated heterocycles. The highest BCUT2D eigenvalue weighted by atomic mass is 15.0. The molecule has 1 aromatic heterocycles. The monoisotopic (exact) mass is 649 g/mol. The number of aromatic nitrogens is 1. The number of benzene rings is 9. The van der Waals surface area contributed by atoms with Gasteiger partial charge in [-0.05, 0) is 98.4 Å². The van der Waals surface area contributed by atoms with Crippen LogP contribution in [0.1, 0.15) is 11.1 Å². The molecule has 51 heavy (non-hydrogen) atoms. The predicted molar refractivity (Wildman–Crippen MR) is 219 cm³/mol. The second-order valence-corrected chi connectivity index (χ2v) is 13.8. The third kappa shape index (κ3) is 4.62. The van der Waals surface area contributed by atoms with Crippen LogP contribution >= 0.6 is 0 Å². The van der Waals surface area contributed by atoms with Crippen LogP contribution in [-0.4, -0.2) is 4.57 Å². The zero-order valence-electron chi connectivity index (χ0n) is 28.7. The van der Waals surface area contributed by atoms with Gasteiger partial charge in [-0.1, -0.05) is 163 Å². The lowest BCUT2D eigenvalue weighted by molar-refractivity contribution is 1.19. The number of nitrogens with zero attached hydrogens (tertiary/aromatic N) is 1. The Kier molecular flexibility index (Phi) is 6.69. The molecule has 0 atom stereocenters. The number of aryl methyl sites for hydroxylation is 2. The Morgan fingerprint density at radius 1 is 0.333 bits per heavy atom. The van der Waals surface area contributed by atoms with E-state index in [0.717, 1.165) is 5.69 Å². The van der Waals surface area contributed by atoms with Gasteiger partial charge in [0.25, 0.3) is 0 Å². The molecule has 0 unspecified atom stereocenters. The first-order chi connectivity index (χ1) is 25.1. The molecular weight excluding hydrogens is 615 g/mol. The standard InChI is InChI=1S/C50H35N/c1-32-22-28-41-44(29-32)48(35-15-7-4-8-16-35)40-27-21-33(2)30-45(40)49(41)36-23-25-37(26-24-36)51-47-20-12-11-18-39(47)46-31-43(34-13-5-3-6-14-34)38-17-9-10-19-42(38)50(46)51/h3-31H,1-2H3. The molecule has 1 heteroatoms. The Hall–Kier alpha value is -6.44. The Labute approximate surface area is 297 Å². The molecule has 10 rings (SSSR count). The summed E-state index contributed by atoms with van der Waals surface area (Å²) in [6, 6.07) is 64.9. The fourth-order valence-electron chi connectivity index (χ4n) is 8.41. The van der Waals surface area contributed by atoms with Gasteiger partial charge in [-0.3, -0.25) is 0 Å². The summed E-state index contributed by atoms with van der Waals surface area (Å²) < 4.78 is 2.47. The largest absolute Gasteiger partial charge is 0.309 e. The van der Waals surface area contributed by atoms with Gasteiger partial charge in [-0.25, -0.2) is 0 Å². The van der Waals surface area contributed by atoms with E-state index in [9.17, 15) is 0 Å². The molecular formula is C50H35N. The van der Waals surface area contributed by atoms with Crippen molar-refractivity contribution in [3.8, 4) is 39.1 Å². The average Bonchev–Trinajstić information content (AvgIpc) is 3.52. The van der Waals surface area contributed by atoms with Crippen LogP contribution in [0.15, 0.2) is 176 Å². The molecule has 1 nitrogen and oxygen atoms in total. The second-order valence-electron chi connectivity index (χ2n) is 13.8. The normalized spacial score (nSPS) is 11.7. The molecule has 10 aromatic rings. The molecule has 9 aromatic carbocycles. The molecule has 0 saturated carbocycles. The summed E-state index contributed by atoms with van der Waals surface area (Å²) in [4.78, 5) is 0. The van der Waals surface area contributed by atoms with Gasteiger partial charge in [-0.2, -0.15) is 0 Å². The van der Waals surface area contributed by atoms with E-state index in [1.807, 2.05) is 0 Å². The lowest BCUT2D eigenvalue weighted by Crippen LogP contribution is -1.96. The minimum absolute atomic E-state index is 1.16. The van der Waals surface area contributed by atoms with Gasteiger partial charge in [0.1, 0.15) is 0 Å². The van der Waals surface area contributed by atoms with Crippen LogP contribution in [0.5, 0.6) is 0 Å². The second kappa shape index (κ2) is 11.6. The van der Waals surface area contributed by atoms with Gasteiger partial charge in [0, 0.05) is 21.8 Å². The SMILES string of the molecule is Cc1ccc2c(-c3ccc(-n4c5ccccc5c5cc(-c6ccccc6)c6ccccc6c54)cc3)c3cc(C)ccc3c(-c3ccccc3)c2c1. The Bertz CT molecular complexity index is 2950. The molecule has 0 aliphatic rings. The summed E-state index contributed by atoms with van der Waals surface area (Å²) in [5.74, 6) is 0. The lowest BCUT2D eigenvalue weighted by atomic mass is 9.85. The minimum atomic E-state index is 1.16. The van der Waals surface area contributed by atoms with E-state index >= 15 is 0 Å². The first-order valence-corrected chi connectivity index (χ1v) is 17.8. The third-order valence-electron chi connectivity index (χ3n) is 10.7. The molecule has 0 spiro atoms. The highest BCUT2D eigenvalue weighted by Gasteiger charge is 2.20. The van der Waals surface area contributed by atoms with Crippen LogP contribution < -0.4 is 0 Å². The van der Waals surface area contributed by atoms with Gasteiger partial charge >= 0.3 is 0 Å². The zero-order chi connectivity index (χ0) is 34.1. The van der Waals surface area contributed by atoms with Crippen molar-refractivity contribution in [2.24, 2.45) is 0 Å². The van der Waals surface area contributed by atoms with Crippen LogP contribution in [0, 0.1) is 13.8 Å². The van der Waals surface area contributed by atoms with Gasteiger partial charge in [0.05, 0.1) is 11.0 Å². The van der Waals surface area contributed by atoms with E-state index in [4.69, 9.17) is 0 Å². The maximum Gasteiger partial charge on any atom is 0.0619 e. The predicted octanol–water partition coefficient (Wildman–Crippen LogP) is 13.9. The quantitative estimate of drug-likeness (QED) is 0.167. The topological polar surface area (TPSA) is 4.93 Å². The van der Waals surface area contributed by atoms with Crippen molar-refractivity contribution in [3.63, 3.8) is 0 Å². The van der Waals surface area contributed by atoms with Gasteiger partial charge < -0.3 is 4.57 Å². The lowest BCUT2D eigenvalue weighted by Gasteiger charge is -2.19. The minimum Gasteiger partial charge on any atom is -0.309 e. The average molecular weight is 650 g/mol. The summed E-state index contributed by atoms with van der Waals surface area (Å²) in [6.07, 6.45) is 0. The van der Waals surface area contributed by atoms with Gasteiger partial charge in [0.15, 0.2) is 0 Å². The van der Waals surface area contributed by atoms with E-state index in [1.54, 1.807) is 0 Å². The van der Waals surface area contributed by atoms with E-state index in [-0.39, 0.29) is 0 Å². The van der Waals surface area contributed by atoms with Crippen LogP contribution in [0.25, 0.3) is 93.2 Å². The zero-order valence-corrected chi connectivity index (χ0v) is 28.7. The number of hydrogen-bond donors (Lipinski definition) is 0. The van der Waals surface area contributed by atoms with Gasteiger partial charge in [0.2, 0.25) is 0 Å². The van der Waals surface area contributed by atoms with E-state index in [1.165, 1.54) is 98.6 Å². The third-order valence-corrected chi connectivity index (χ3v) is 10.7. The van der Waals surface area contributed by atoms with Crippen LogP contribution in [0.4, 0.5) is 0 Å². The molecule has 0 radical (unpaired) electrons. The first-order valence-electron chi connectivity index (χ1n) is 17.8. The van der Waals surface area contributed by atoms with Crippen molar-refractivity contribution >= 4 is 54.1 Å². The van der Waals surface area contributed by atoms with Crippen molar-refractivity contribution < 1.29 is 0 Å². The molecule has 240 valence electrons. The van der Waals surface area contributed by atoms with E-state index in [0.29, 0.717) is 0 Å². The summed E-state index contributed by atoms with van der Waals surface area (Å²) in [5, 5.41) is 10.2. The van der Waals surface area contributed by atoms with Crippen molar-refractivity contribution in [2.75, 3.05) is 0 Å². The Balaban J connectivity index is 1.23. The van der Waals surface area contributed by atoms with Crippen LogP contribution in [0.2, 0.25) is 0 Å².